The lowest BCUT2D eigenvalue weighted by Gasteiger charge is -2.17. The number of nitrogens with zero attached hydrogens (tertiary/aromatic N) is 1. The quantitative estimate of drug-likeness (QED) is 0.619. The van der Waals surface area contributed by atoms with Crippen LogP contribution < -0.4 is 15.4 Å². The van der Waals surface area contributed by atoms with Gasteiger partial charge in [-0.15, -0.1) is 0 Å². The number of nitriles is 1. The number of carbonyl (C=O) groups is 1. The highest BCUT2D eigenvalue weighted by atomic mass is 16.5. The fraction of sp³-hybridized carbons (Fsp3) is 0.467. The van der Waals surface area contributed by atoms with E-state index in [-0.39, 0.29) is 6.03 Å². The maximum atomic E-state index is 11.5. The van der Waals surface area contributed by atoms with Crippen molar-refractivity contribution in [2.24, 2.45) is 0 Å². The van der Waals surface area contributed by atoms with E-state index < -0.39 is 6.23 Å². The van der Waals surface area contributed by atoms with Crippen LogP contribution in [0, 0.1) is 11.3 Å². The van der Waals surface area contributed by atoms with E-state index in [1.54, 1.807) is 6.92 Å². The summed E-state index contributed by atoms with van der Waals surface area (Å²) in [6, 6.07) is 9.42. The Morgan fingerprint density at radius 2 is 1.95 bits per heavy atom. The SMILES string of the molecule is CC(NC(=O)NCCC#N)Oc1ccc(C(C)C)cc1. The van der Waals surface area contributed by atoms with E-state index in [1.165, 1.54) is 5.56 Å². The first-order valence-electron chi connectivity index (χ1n) is 6.71. The predicted octanol–water partition coefficient (Wildman–Crippen LogP) is 2.75. The highest BCUT2D eigenvalue weighted by Crippen LogP contribution is 2.19. The lowest BCUT2D eigenvalue weighted by Crippen LogP contribution is -2.43. The first kappa shape index (κ1) is 15.8. The molecule has 0 aliphatic heterocycles. The minimum absolute atomic E-state index is 0.291. The molecule has 5 heteroatoms. The molecule has 1 unspecified atom stereocenters. The minimum Gasteiger partial charge on any atom is -0.471 e. The first-order valence-corrected chi connectivity index (χ1v) is 6.71. The van der Waals surface area contributed by atoms with Crippen molar-refractivity contribution in [2.45, 2.75) is 39.3 Å². The fourth-order valence-corrected chi connectivity index (χ4v) is 1.63. The molecule has 0 radical (unpaired) electrons. The molecule has 5 nitrogen and oxygen atoms in total. The molecular formula is C15H21N3O2. The molecule has 0 saturated carbocycles. The maximum Gasteiger partial charge on any atom is 0.317 e. The van der Waals surface area contributed by atoms with Gasteiger partial charge in [0, 0.05) is 6.54 Å². The van der Waals surface area contributed by atoms with E-state index in [9.17, 15) is 4.79 Å². The van der Waals surface area contributed by atoms with Crippen LogP contribution in [0.4, 0.5) is 4.79 Å². The summed E-state index contributed by atoms with van der Waals surface area (Å²) in [6.45, 7) is 6.34. The molecule has 0 fully saturated rings. The molecule has 0 aliphatic rings. The summed E-state index contributed by atoms with van der Waals surface area (Å²) >= 11 is 0. The monoisotopic (exact) mass is 275 g/mol. The lowest BCUT2D eigenvalue weighted by molar-refractivity contribution is 0.177. The molecule has 0 spiro atoms. The van der Waals surface area contributed by atoms with Gasteiger partial charge in [-0.05, 0) is 30.5 Å². The Bertz CT molecular complexity index is 463. The second-order valence-electron chi connectivity index (χ2n) is 4.79. The Balaban J connectivity index is 2.40. The highest BCUT2D eigenvalue weighted by Gasteiger charge is 2.08. The van der Waals surface area contributed by atoms with Crippen molar-refractivity contribution in [3.05, 3.63) is 29.8 Å². The summed E-state index contributed by atoms with van der Waals surface area (Å²) in [6.07, 6.45) is -0.152. The number of carbonyl (C=O) groups excluding carboxylic acids is 1. The lowest BCUT2D eigenvalue weighted by atomic mass is 10.0. The summed E-state index contributed by atoms with van der Waals surface area (Å²) in [7, 11) is 0. The molecule has 20 heavy (non-hydrogen) atoms. The smallest absolute Gasteiger partial charge is 0.317 e. The molecular weight excluding hydrogens is 254 g/mol. The first-order chi connectivity index (χ1) is 9.52. The Morgan fingerprint density at radius 1 is 1.30 bits per heavy atom. The summed E-state index contributed by atoms with van der Waals surface area (Å²) < 4.78 is 5.59. The van der Waals surface area contributed by atoms with E-state index >= 15 is 0 Å². The number of ether oxygens (including phenoxy) is 1. The summed E-state index contributed by atoms with van der Waals surface area (Å²) in [5.74, 6) is 1.18. The standard InChI is InChI=1S/C15H21N3O2/c1-11(2)13-5-7-14(8-6-13)20-12(3)18-15(19)17-10-4-9-16/h5-8,11-12H,4,10H2,1-3H3,(H2,17,18,19). The van der Waals surface area contributed by atoms with Crippen LogP contribution in [0.25, 0.3) is 0 Å². The fourth-order valence-electron chi connectivity index (χ4n) is 1.63. The third kappa shape index (κ3) is 5.61. The van der Waals surface area contributed by atoms with Crippen molar-refractivity contribution >= 4 is 6.03 Å². The van der Waals surface area contributed by atoms with Gasteiger partial charge in [-0.2, -0.15) is 5.26 Å². The number of benzene rings is 1. The Labute approximate surface area is 119 Å². The zero-order chi connectivity index (χ0) is 15.0. The second kappa shape index (κ2) is 8.05. The van der Waals surface area contributed by atoms with Crippen molar-refractivity contribution in [1.82, 2.24) is 10.6 Å². The topological polar surface area (TPSA) is 74.2 Å². The van der Waals surface area contributed by atoms with Gasteiger partial charge in [0.1, 0.15) is 5.75 Å². The van der Waals surface area contributed by atoms with E-state index in [1.807, 2.05) is 30.3 Å². The highest BCUT2D eigenvalue weighted by molar-refractivity contribution is 5.73. The number of urea groups is 1. The van der Waals surface area contributed by atoms with Gasteiger partial charge < -0.3 is 15.4 Å². The number of nitrogens with one attached hydrogen (secondary N) is 2. The average molecular weight is 275 g/mol. The minimum atomic E-state index is -0.443. The van der Waals surface area contributed by atoms with Gasteiger partial charge in [-0.1, -0.05) is 26.0 Å². The van der Waals surface area contributed by atoms with Crippen molar-refractivity contribution in [3.63, 3.8) is 0 Å². The van der Waals surface area contributed by atoms with Crippen molar-refractivity contribution in [1.29, 1.82) is 5.26 Å². The van der Waals surface area contributed by atoms with E-state index in [4.69, 9.17) is 10.00 Å². The van der Waals surface area contributed by atoms with Gasteiger partial charge in [0.15, 0.2) is 6.23 Å². The van der Waals surface area contributed by atoms with Gasteiger partial charge in [-0.3, -0.25) is 0 Å². The van der Waals surface area contributed by atoms with Crippen LogP contribution in [0.3, 0.4) is 0 Å². The zero-order valence-corrected chi connectivity index (χ0v) is 12.1. The van der Waals surface area contributed by atoms with E-state index in [2.05, 4.69) is 24.5 Å². The number of hydrogen-bond donors (Lipinski definition) is 2. The second-order valence-corrected chi connectivity index (χ2v) is 4.79. The molecule has 1 rings (SSSR count). The molecule has 108 valence electrons. The molecule has 0 bridgehead atoms. The Morgan fingerprint density at radius 3 is 2.50 bits per heavy atom. The number of amides is 2. The normalized spacial score (nSPS) is 11.6. The molecule has 2 amide bonds. The van der Waals surface area contributed by atoms with Gasteiger partial charge in [0.25, 0.3) is 0 Å². The molecule has 1 aromatic rings. The average Bonchev–Trinajstić information content (AvgIpc) is 2.39. The Kier molecular flexibility index (Phi) is 6.38. The molecule has 1 atom stereocenters. The van der Waals surface area contributed by atoms with Crippen LogP contribution in [0.15, 0.2) is 24.3 Å². The molecule has 1 aromatic carbocycles. The van der Waals surface area contributed by atoms with Crippen LogP contribution >= 0.6 is 0 Å². The van der Waals surface area contributed by atoms with Crippen LogP contribution in [-0.4, -0.2) is 18.8 Å². The van der Waals surface area contributed by atoms with E-state index in [0.29, 0.717) is 24.6 Å². The third-order valence-electron chi connectivity index (χ3n) is 2.72. The third-order valence-corrected chi connectivity index (χ3v) is 2.72. The van der Waals surface area contributed by atoms with Crippen LogP contribution in [0.1, 0.15) is 38.7 Å². The van der Waals surface area contributed by atoms with Crippen LogP contribution in [0.2, 0.25) is 0 Å². The predicted molar refractivity (Wildman–Crippen MR) is 77.4 cm³/mol. The van der Waals surface area contributed by atoms with Crippen molar-refractivity contribution < 1.29 is 9.53 Å². The number of rotatable bonds is 6. The van der Waals surface area contributed by atoms with Gasteiger partial charge >= 0.3 is 6.03 Å². The largest absolute Gasteiger partial charge is 0.471 e. The van der Waals surface area contributed by atoms with Crippen LogP contribution in [0.5, 0.6) is 5.75 Å². The number of hydrogen-bond acceptors (Lipinski definition) is 3. The van der Waals surface area contributed by atoms with Gasteiger partial charge in [-0.25, -0.2) is 4.79 Å². The van der Waals surface area contributed by atoms with Gasteiger partial charge in [0.2, 0.25) is 0 Å². The summed E-state index contributed by atoms with van der Waals surface area (Å²) in [4.78, 5) is 11.5. The maximum absolute atomic E-state index is 11.5. The summed E-state index contributed by atoms with van der Waals surface area (Å²) in [5.41, 5.74) is 1.24. The molecule has 0 aliphatic carbocycles. The van der Waals surface area contributed by atoms with Gasteiger partial charge in [0.05, 0.1) is 12.5 Å². The van der Waals surface area contributed by atoms with E-state index in [0.717, 1.165) is 0 Å². The zero-order valence-electron chi connectivity index (χ0n) is 12.1. The Hall–Kier alpha value is -2.22. The van der Waals surface area contributed by atoms with Crippen LogP contribution in [-0.2, 0) is 0 Å². The van der Waals surface area contributed by atoms with Crippen molar-refractivity contribution in [3.8, 4) is 11.8 Å². The van der Waals surface area contributed by atoms with Crippen molar-refractivity contribution in [2.75, 3.05) is 6.54 Å². The molecule has 0 heterocycles. The molecule has 2 N–H and O–H groups in total. The molecule has 0 aromatic heterocycles. The summed E-state index contributed by atoms with van der Waals surface area (Å²) in [5, 5.41) is 13.6. The molecule has 0 saturated heterocycles.